The van der Waals surface area contributed by atoms with Gasteiger partial charge in [0.05, 0.1) is 5.69 Å². The maximum absolute atomic E-state index is 13.1. The van der Waals surface area contributed by atoms with Gasteiger partial charge in [-0.1, -0.05) is 15.9 Å². The third-order valence-electron chi connectivity index (χ3n) is 1.56. The van der Waals surface area contributed by atoms with Crippen LogP contribution in [0.3, 0.4) is 0 Å². The van der Waals surface area contributed by atoms with Gasteiger partial charge in [0.1, 0.15) is 5.82 Å². The minimum absolute atomic E-state index is 0.0377. The van der Waals surface area contributed by atoms with E-state index in [2.05, 4.69) is 15.9 Å². The Morgan fingerprint density at radius 3 is 2.69 bits per heavy atom. The van der Waals surface area contributed by atoms with E-state index in [1.165, 1.54) is 19.2 Å². The van der Waals surface area contributed by atoms with Crippen molar-refractivity contribution in [3.05, 3.63) is 28.5 Å². The molecule has 13 heavy (non-hydrogen) atoms. The fourth-order valence-corrected chi connectivity index (χ4v) is 1.19. The lowest BCUT2D eigenvalue weighted by Crippen LogP contribution is -2.24. The lowest BCUT2D eigenvalue weighted by atomic mass is 10.3. The van der Waals surface area contributed by atoms with E-state index in [1.807, 2.05) is 0 Å². The molecule has 70 valence electrons. The number of benzene rings is 1. The first-order chi connectivity index (χ1) is 6.02. The first-order valence-electron chi connectivity index (χ1n) is 3.44. The third kappa shape index (κ3) is 2.18. The number of carbonyl (C=O) groups is 1. The predicted molar refractivity (Wildman–Crippen MR) is 50.5 cm³/mol. The molecule has 0 saturated carbocycles. The molecule has 3 nitrogen and oxygen atoms in total. The highest BCUT2D eigenvalue weighted by atomic mass is 79.9. The van der Waals surface area contributed by atoms with Crippen molar-refractivity contribution >= 4 is 27.7 Å². The van der Waals surface area contributed by atoms with Crippen molar-refractivity contribution in [3.8, 4) is 0 Å². The minimum Gasteiger partial charge on any atom is -0.465 e. The zero-order chi connectivity index (χ0) is 10.0. The molecule has 1 amide bonds. The monoisotopic (exact) mass is 247 g/mol. The summed E-state index contributed by atoms with van der Waals surface area (Å²) in [5.41, 5.74) is 0.0377. The average molecular weight is 248 g/mol. The molecule has 0 aromatic heterocycles. The van der Waals surface area contributed by atoms with E-state index in [0.717, 1.165) is 4.90 Å². The van der Waals surface area contributed by atoms with Crippen LogP contribution >= 0.6 is 15.9 Å². The number of carboxylic acid groups (broad SMARTS) is 1. The summed E-state index contributed by atoms with van der Waals surface area (Å²) in [6, 6.07) is 4.19. The van der Waals surface area contributed by atoms with Crippen molar-refractivity contribution in [1.29, 1.82) is 0 Å². The van der Waals surface area contributed by atoms with Gasteiger partial charge in [-0.05, 0) is 18.2 Å². The number of nitrogens with zero attached hydrogens (tertiary/aromatic N) is 1. The molecule has 0 heterocycles. The van der Waals surface area contributed by atoms with Crippen LogP contribution in [0.2, 0.25) is 0 Å². The smallest absolute Gasteiger partial charge is 0.411 e. The van der Waals surface area contributed by atoms with Gasteiger partial charge in [-0.3, -0.25) is 4.90 Å². The molecule has 0 aliphatic carbocycles. The third-order valence-corrected chi connectivity index (χ3v) is 2.05. The van der Waals surface area contributed by atoms with Crippen LogP contribution in [0.15, 0.2) is 22.7 Å². The Bertz CT molecular complexity index is 343. The SMILES string of the molecule is CN(C(=O)O)c1ccc(Br)cc1F. The molecule has 1 aromatic rings. The summed E-state index contributed by atoms with van der Waals surface area (Å²) >= 11 is 3.08. The highest BCUT2D eigenvalue weighted by molar-refractivity contribution is 9.10. The van der Waals surface area contributed by atoms with Crippen LogP contribution in [-0.2, 0) is 0 Å². The summed E-state index contributed by atoms with van der Waals surface area (Å²) < 4.78 is 13.7. The second-order valence-electron chi connectivity index (χ2n) is 2.44. The first-order valence-corrected chi connectivity index (χ1v) is 4.23. The molecule has 1 rings (SSSR count). The molecule has 1 aromatic carbocycles. The number of amides is 1. The number of hydrogen-bond donors (Lipinski definition) is 1. The molecular weight excluding hydrogens is 241 g/mol. The van der Waals surface area contributed by atoms with Gasteiger partial charge >= 0.3 is 6.09 Å². The number of halogens is 2. The number of hydrogen-bond acceptors (Lipinski definition) is 1. The lowest BCUT2D eigenvalue weighted by Gasteiger charge is -2.13. The second kappa shape index (κ2) is 3.74. The van der Waals surface area contributed by atoms with E-state index in [-0.39, 0.29) is 5.69 Å². The summed E-state index contributed by atoms with van der Waals surface area (Å²) in [6.07, 6.45) is -1.19. The van der Waals surface area contributed by atoms with Crippen LogP contribution in [0.5, 0.6) is 0 Å². The summed E-state index contributed by atoms with van der Waals surface area (Å²) in [5, 5.41) is 8.58. The van der Waals surface area contributed by atoms with Gasteiger partial charge in [0.15, 0.2) is 0 Å². The highest BCUT2D eigenvalue weighted by Gasteiger charge is 2.12. The zero-order valence-electron chi connectivity index (χ0n) is 6.79. The van der Waals surface area contributed by atoms with Gasteiger partial charge in [-0.15, -0.1) is 0 Å². The zero-order valence-corrected chi connectivity index (χ0v) is 8.38. The highest BCUT2D eigenvalue weighted by Crippen LogP contribution is 2.21. The molecular formula is C8H7BrFNO2. The van der Waals surface area contributed by atoms with E-state index in [9.17, 15) is 9.18 Å². The van der Waals surface area contributed by atoms with Crippen molar-refractivity contribution in [1.82, 2.24) is 0 Å². The maximum Gasteiger partial charge on any atom is 0.411 e. The topological polar surface area (TPSA) is 40.5 Å². The molecule has 0 aliphatic rings. The Labute approximate surface area is 82.9 Å². The fourth-order valence-electron chi connectivity index (χ4n) is 0.856. The Hall–Kier alpha value is -1.10. The van der Waals surface area contributed by atoms with Crippen molar-refractivity contribution in [3.63, 3.8) is 0 Å². The van der Waals surface area contributed by atoms with Crippen LogP contribution in [0.1, 0.15) is 0 Å². The molecule has 0 fully saturated rings. The van der Waals surface area contributed by atoms with Gasteiger partial charge in [-0.2, -0.15) is 0 Å². The molecule has 0 atom stereocenters. The van der Waals surface area contributed by atoms with Crippen molar-refractivity contribution in [2.45, 2.75) is 0 Å². The van der Waals surface area contributed by atoms with Gasteiger partial charge in [0.25, 0.3) is 0 Å². The van der Waals surface area contributed by atoms with Gasteiger partial charge in [0, 0.05) is 11.5 Å². The molecule has 5 heteroatoms. The molecule has 0 unspecified atom stereocenters. The van der Waals surface area contributed by atoms with Crippen molar-refractivity contribution < 1.29 is 14.3 Å². The van der Waals surface area contributed by atoms with E-state index in [1.54, 1.807) is 6.07 Å². The summed E-state index contributed by atoms with van der Waals surface area (Å²) in [6.45, 7) is 0. The van der Waals surface area contributed by atoms with E-state index in [0.29, 0.717) is 4.47 Å². The molecule has 1 N–H and O–H groups in total. The lowest BCUT2D eigenvalue weighted by molar-refractivity contribution is 0.203. The van der Waals surface area contributed by atoms with Crippen LogP contribution in [-0.4, -0.2) is 18.2 Å². The van der Waals surface area contributed by atoms with Crippen LogP contribution in [0.25, 0.3) is 0 Å². The predicted octanol–water partition coefficient (Wildman–Crippen LogP) is 2.70. The van der Waals surface area contributed by atoms with Crippen LogP contribution in [0, 0.1) is 5.82 Å². The number of rotatable bonds is 1. The molecule has 0 aliphatic heterocycles. The second-order valence-corrected chi connectivity index (χ2v) is 3.35. The summed E-state index contributed by atoms with van der Waals surface area (Å²) in [4.78, 5) is 11.3. The Morgan fingerprint density at radius 1 is 1.62 bits per heavy atom. The molecule has 0 bridgehead atoms. The molecule has 0 saturated heterocycles. The Balaban J connectivity index is 3.08. The normalized spacial score (nSPS) is 9.77. The van der Waals surface area contributed by atoms with Gasteiger partial charge in [-0.25, -0.2) is 9.18 Å². The Morgan fingerprint density at radius 2 is 2.23 bits per heavy atom. The molecule has 0 radical (unpaired) electrons. The van der Waals surface area contributed by atoms with Crippen molar-refractivity contribution in [2.24, 2.45) is 0 Å². The Kier molecular flexibility index (Phi) is 2.87. The van der Waals surface area contributed by atoms with Gasteiger partial charge in [0.2, 0.25) is 0 Å². The maximum atomic E-state index is 13.1. The summed E-state index contributed by atoms with van der Waals surface area (Å²) in [5.74, 6) is -0.570. The number of anilines is 1. The van der Waals surface area contributed by atoms with Crippen molar-refractivity contribution in [2.75, 3.05) is 11.9 Å². The average Bonchev–Trinajstić information content (AvgIpc) is 2.03. The first kappa shape index (κ1) is 9.98. The molecule has 0 spiro atoms. The minimum atomic E-state index is -1.19. The van der Waals surface area contributed by atoms with Crippen LogP contribution in [0.4, 0.5) is 14.9 Å². The van der Waals surface area contributed by atoms with Gasteiger partial charge < -0.3 is 5.11 Å². The standard InChI is InChI=1S/C8H7BrFNO2/c1-11(8(12)13)7-3-2-5(9)4-6(7)10/h2-4H,1H3,(H,12,13). The fraction of sp³-hybridized carbons (Fsp3) is 0.125. The largest absolute Gasteiger partial charge is 0.465 e. The van der Waals surface area contributed by atoms with Crippen LogP contribution < -0.4 is 4.90 Å². The van der Waals surface area contributed by atoms with E-state index < -0.39 is 11.9 Å². The quantitative estimate of drug-likeness (QED) is 0.829. The van der Waals surface area contributed by atoms with E-state index in [4.69, 9.17) is 5.11 Å². The van der Waals surface area contributed by atoms with E-state index >= 15 is 0 Å². The summed E-state index contributed by atoms with van der Waals surface area (Å²) in [7, 11) is 1.29.